The minimum Gasteiger partial charge on any atom is -0.331 e. The Morgan fingerprint density at radius 1 is 1.16 bits per heavy atom. The highest BCUT2D eigenvalue weighted by atomic mass is 16.5. The molecule has 4 amide bonds. The first-order valence-corrected chi connectivity index (χ1v) is 11.0. The number of carbonyl (C=O) groups is 3. The van der Waals surface area contributed by atoms with Crippen molar-refractivity contribution in [2.45, 2.75) is 45.6 Å². The van der Waals surface area contributed by atoms with Gasteiger partial charge in [-0.15, -0.1) is 0 Å². The van der Waals surface area contributed by atoms with Gasteiger partial charge in [-0.05, 0) is 36.8 Å². The summed E-state index contributed by atoms with van der Waals surface area (Å²) in [5.74, 6) is -0.900. The van der Waals surface area contributed by atoms with Crippen LogP contribution in [-0.2, 0) is 9.59 Å². The van der Waals surface area contributed by atoms with Crippen molar-refractivity contribution in [1.29, 1.82) is 0 Å². The van der Waals surface area contributed by atoms with Crippen molar-refractivity contribution in [2.75, 3.05) is 18.4 Å². The molecule has 1 fully saturated rings. The van der Waals surface area contributed by atoms with Crippen molar-refractivity contribution in [1.82, 2.24) is 20.7 Å². The first-order chi connectivity index (χ1) is 15.4. The maximum absolute atomic E-state index is 13.3. The van der Waals surface area contributed by atoms with Crippen LogP contribution in [0.3, 0.4) is 0 Å². The van der Waals surface area contributed by atoms with Gasteiger partial charge in [0.15, 0.2) is 0 Å². The second-order valence-corrected chi connectivity index (χ2v) is 8.61. The molecule has 1 aliphatic rings. The van der Waals surface area contributed by atoms with Crippen molar-refractivity contribution in [2.24, 2.45) is 11.8 Å². The fourth-order valence-electron chi connectivity index (χ4n) is 4.16. The second-order valence-electron chi connectivity index (χ2n) is 8.61. The Kier molecular flexibility index (Phi) is 7.99. The molecule has 0 spiro atoms. The van der Waals surface area contributed by atoms with Crippen molar-refractivity contribution in [3.05, 3.63) is 36.5 Å². The van der Waals surface area contributed by atoms with Crippen LogP contribution in [-0.4, -0.2) is 52.1 Å². The Bertz CT molecular complexity index is 953. The average molecular weight is 442 g/mol. The van der Waals surface area contributed by atoms with Crippen LogP contribution in [0, 0.1) is 11.8 Å². The normalized spacial score (nSPS) is 14.9. The number of anilines is 1. The number of pyridine rings is 1. The molecule has 0 saturated heterocycles. The SMILES string of the molecule is CC(C)C(NC(=O)Nc1cccc2cccnc12)C(=O)N(CC(=O)NO)CC1CCCC1. The van der Waals surface area contributed by atoms with Gasteiger partial charge in [-0.3, -0.25) is 19.8 Å². The highest BCUT2D eigenvalue weighted by Crippen LogP contribution is 2.26. The molecule has 3 rings (SSSR count). The molecule has 1 saturated carbocycles. The average Bonchev–Trinajstić information content (AvgIpc) is 3.29. The molecule has 1 atom stereocenters. The Hall–Kier alpha value is -3.20. The molecule has 4 N–H and O–H groups in total. The number of nitrogens with one attached hydrogen (secondary N) is 3. The number of amides is 4. The summed E-state index contributed by atoms with van der Waals surface area (Å²) in [6.07, 6.45) is 5.86. The number of nitrogens with zero attached hydrogens (tertiary/aromatic N) is 2. The zero-order chi connectivity index (χ0) is 23.1. The summed E-state index contributed by atoms with van der Waals surface area (Å²) in [4.78, 5) is 43.7. The molecule has 1 aromatic heterocycles. The lowest BCUT2D eigenvalue weighted by Crippen LogP contribution is -2.54. The number of hydroxylamine groups is 1. The first-order valence-electron chi connectivity index (χ1n) is 11.0. The van der Waals surface area contributed by atoms with E-state index in [2.05, 4.69) is 15.6 Å². The van der Waals surface area contributed by atoms with Gasteiger partial charge in [-0.2, -0.15) is 0 Å². The fraction of sp³-hybridized carbons (Fsp3) is 0.478. The van der Waals surface area contributed by atoms with E-state index in [-0.39, 0.29) is 18.4 Å². The predicted octanol–water partition coefficient (Wildman–Crippen LogP) is 2.91. The Morgan fingerprint density at radius 3 is 2.56 bits per heavy atom. The molecule has 0 radical (unpaired) electrons. The van der Waals surface area contributed by atoms with E-state index in [0.717, 1.165) is 31.1 Å². The lowest BCUT2D eigenvalue weighted by Gasteiger charge is -2.31. The van der Waals surface area contributed by atoms with Crippen molar-refractivity contribution >= 4 is 34.4 Å². The number of carbonyl (C=O) groups excluding carboxylic acids is 3. The van der Waals surface area contributed by atoms with E-state index in [4.69, 9.17) is 5.21 Å². The summed E-state index contributed by atoms with van der Waals surface area (Å²) in [7, 11) is 0. The number of rotatable bonds is 8. The lowest BCUT2D eigenvalue weighted by molar-refractivity contribution is -0.141. The van der Waals surface area contributed by atoms with E-state index in [9.17, 15) is 14.4 Å². The van der Waals surface area contributed by atoms with Gasteiger partial charge in [0, 0.05) is 18.1 Å². The van der Waals surface area contributed by atoms with Crippen LogP contribution in [0.15, 0.2) is 36.5 Å². The van der Waals surface area contributed by atoms with E-state index < -0.39 is 18.0 Å². The first kappa shape index (κ1) is 23.5. The summed E-state index contributed by atoms with van der Waals surface area (Å²) in [6.45, 7) is 3.84. The zero-order valence-corrected chi connectivity index (χ0v) is 18.5. The van der Waals surface area contributed by atoms with E-state index in [1.165, 1.54) is 4.90 Å². The molecule has 2 aromatic rings. The topological polar surface area (TPSA) is 124 Å². The summed E-state index contributed by atoms with van der Waals surface area (Å²) in [5.41, 5.74) is 2.79. The van der Waals surface area contributed by atoms with Gasteiger partial charge in [0.05, 0.1) is 11.2 Å². The third-order valence-corrected chi connectivity index (χ3v) is 5.82. The van der Waals surface area contributed by atoms with E-state index in [1.807, 2.05) is 38.1 Å². The number of hydrogen-bond acceptors (Lipinski definition) is 5. The van der Waals surface area contributed by atoms with Gasteiger partial charge in [0.25, 0.3) is 5.91 Å². The van der Waals surface area contributed by atoms with Crippen molar-refractivity contribution < 1.29 is 19.6 Å². The number of fused-ring (bicyclic) bond motifs is 1. The van der Waals surface area contributed by atoms with E-state index in [1.54, 1.807) is 17.7 Å². The van der Waals surface area contributed by atoms with Gasteiger partial charge in [0.2, 0.25) is 5.91 Å². The molecule has 1 aromatic carbocycles. The third kappa shape index (κ3) is 5.94. The van der Waals surface area contributed by atoms with Gasteiger partial charge in [-0.25, -0.2) is 10.3 Å². The summed E-state index contributed by atoms with van der Waals surface area (Å²) >= 11 is 0. The highest BCUT2D eigenvalue weighted by molar-refractivity contribution is 6.01. The molecule has 0 bridgehead atoms. The molecule has 1 heterocycles. The van der Waals surface area contributed by atoms with E-state index in [0.29, 0.717) is 23.7 Å². The maximum atomic E-state index is 13.3. The van der Waals surface area contributed by atoms with Crippen molar-refractivity contribution in [3.63, 3.8) is 0 Å². The molecule has 1 unspecified atom stereocenters. The largest absolute Gasteiger partial charge is 0.331 e. The summed E-state index contributed by atoms with van der Waals surface area (Å²) in [5, 5.41) is 15.4. The molecule has 0 aliphatic heterocycles. The highest BCUT2D eigenvalue weighted by Gasteiger charge is 2.32. The van der Waals surface area contributed by atoms with Crippen LogP contribution < -0.4 is 16.1 Å². The van der Waals surface area contributed by atoms with Gasteiger partial charge in [-0.1, -0.05) is 44.9 Å². The number of aromatic nitrogens is 1. The maximum Gasteiger partial charge on any atom is 0.319 e. The minimum absolute atomic E-state index is 0.206. The van der Waals surface area contributed by atoms with Crippen LogP contribution in [0.4, 0.5) is 10.5 Å². The molecular weight excluding hydrogens is 410 g/mol. The summed E-state index contributed by atoms with van der Waals surface area (Å²) < 4.78 is 0. The van der Waals surface area contributed by atoms with E-state index >= 15 is 0 Å². The molecule has 172 valence electrons. The number of benzene rings is 1. The number of urea groups is 1. The van der Waals surface area contributed by atoms with Gasteiger partial charge in [0.1, 0.15) is 12.6 Å². The number of hydrogen-bond donors (Lipinski definition) is 4. The standard InChI is InChI=1S/C23H31N5O4/c1-15(2)20(22(30)28(14-19(29)27-32)13-16-7-3-4-8-16)26-23(31)25-18-11-5-9-17-10-6-12-24-21(17)18/h5-6,9-12,15-16,20,32H,3-4,7-8,13-14H2,1-2H3,(H,27,29)(H2,25,26,31). The van der Waals surface area contributed by atoms with Crippen LogP contribution in [0.25, 0.3) is 10.9 Å². The molecular formula is C23H31N5O4. The van der Waals surface area contributed by atoms with Gasteiger partial charge < -0.3 is 15.5 Å². The Balaban J connectivity index is 1.73. The lowest BCUT2D eigenvalue weighted by atomic mass is 10.0. The summed E-state index contributed by atoms with van der Waals surface area (Å²) in [6, 6.07) is 7.84. The van der Waals surface area contributed by atoms with Gasteiger partial charge >= 0.3 is 6.03 Å². The Labute approximate surface area is 187 Å². The van der Waals surface area contributed by atoms with Crippen molar-refractivity contribution in [3.8, 4) is 0 Å². The van der Waals surface area contributed by atoms with Crippen LogP contribution in [0.1, 0.15) is 39.5 Å². The molecule has 9 heteroatoms. The molecule has 1 aliphatic carbocycles. The Morgan fingerprint density at radius 2 is 1.88 bits per heavy atom. The predicted molar refractivity (Wildman–Crippen MR) is 121 cm³/mol. The monoisotopic (exact) mass is 441 g/mol. The third-order valence-electron chi connectivity index (χ3n) is 5.82. The zero-order valence-electron chi connectivity index (χ0n) is 18.5. The number of para-hydroxylation sites is 1. The second kappa shape index (κ2) is 10.9. The fourth-order valence-corrected chi connectivity index (χ4v) is 4.16. The van der Waals surface area contributed by atoms with Crippen LogP contribution >= 0.6 is 0 Å². The smallest absolute Gasteiger partial charge is 0.319 e. The van der Waals surface area contributed by atoms with Crippen LogP contribution in [0.5, 0.6) is 0 Å². The molecule has 32 heavy (non-hydrogen) atoms. The quantitative estimate of drug-likeness (QED) is 0.370. The van der Waals surface area contributed by atoms with Crippen LogP contribution in [0.2, 0.25) is 0 Å². The molecule has 9 nitrogen and oxygen atoms in total. The minimum atomic E-state index is -0.828.